The lowest BCUT2D eigenvalue weighted by Gasteiger charge is -2.30. The van der Waals surface area contributed by atoms with Gasteiger partial charge in [0.05, 0.1) is 0 Å². The topological polar surface area (TPSA) is 49.3 Å². The van der Waals surface area contributed by atoms with Gasteiger partial charge in [-0.25, -0.2) is 4.79 Å². The molecule has 0 saturated heterocycles. The summed E-state index contributed by atoms with van der Waals surface area (Å²) < 4.78 is 0. The minimum absolute atomic E-state index is 0.124. The quantitative estimate of drug-likeness (QED) is 0.728. The van der Waals surface area contributed by atoms with Gasteiger partial charge >= 0.3 is 6.09 Å². The molecule has 0 saturated carbocycles. The van der Waals surface area contributed by atoms with Crippen LogP contribution in [0.2, 0.25) is 0 Å². The highest BCUT2D eigenvalue weighted by Gasteiger charge is 2.26. The van der Waals surface area contributed by atoms with Crippen molar-refractivity contribution in [2.75, 3.05) is 6.54 Å². The van der Waals surface area contributed by atoms with Gasteiger partial charge in [-0.2, -0.15) is 0 Å². The lowest BCUT2D eigenvalue weighted by molar-refractivity contribution is 0.190. The van der Waals surface area contributed by atoms with Crippen LogP contribution in [-0.4, -0.2) is 17.7 Å². The summed E-state index contributed by atoms with van der Waals surface area (Å²) in [6.45, 7) is 6.85. The molecule has 2 N–H and O–H groups in total. The average Bonchev–Trinajstić information content (AvgIpc) is 2.37. The molecule has 0 bridgehead atoms. The number of carbonyl (C=O) groups is 1. The van der Waals surface area contributed by atoms with Crippen LogP contribution in [0.5, 0.6) is 0 Å². The molecular formula is C16H25NO2. The van der Waals surface area contributed by atoms with Gasteiger partial charge in [-0.05, 0) is 18.9 Å². The fraction of sp³-hybridized carbons (Fsp3) is 0.562. The monoisotopic (exact) mass is 263 g/mol. The molecule has 0 fully saturated rings. The summed E-state index contributed by atoms with van der Waals surface area (Å²) in [5.74, 6) is 0. The minimum Gasteiger partial charge on any atom is -0.465 e. The first-order valence-electron chi connectivity index (χ1n) is 7.02. The van der Waals surface area contributed by atoms with Crippen molar-refractivity contribution >= 4 is 6.09 Å². The predicted molar refractivity (Wildman–Crippen MR) is 78.7 cm³/mol. The Morgan fingerprint density at radius 1 is 1.26 bits per heavy atom. The highest BCUT2D eigenvalue weighted by molar-refractivity contribution is 5.64. The van der Waals surface area contributed by atoms with E-state index in [1.54, 1.807) is 0 Å². The molecule has 1 rings (SSSR count). The second kappa shape index (κ2) is 7.17. The standard InChI is InChI=1S/C16H25NO2/c1-4-5-6-11-16(3,12-17-15(18)19)14-9-7-13(2)8-10-14/h7-10,17H,4-6,11-12H2,1-3H3,(H,18,19). The third-order valence-electron chi connectivity index (χ3n) is 3.71. The van der Waals surface area contributed by atoms with Gasteiger partial charge in [-0.1, -0.05) is 62.9 Å². The van der Waals surface area contributed by atoms with Gasteiger partial charge in [0, 0.05) is 12.0 Å². The molecule has 0 aliphatic rings. The van der Waals surface area contributed by atoms with Crippen LogP contribution in [0.25, 0.3) is 0 Å². The Kier molecular flexibility index (Phi) is 5.87. The second-order valence-electron chi connectivity index (χ2n) is 5.54. The van der Waals surface area contributed by atoms with Crippen LogP contribution < -0.4 is 5.32 Å². The van der Waals surface area contributed by atoms with E-state index in [4.69, 9.17) is 5.11 Å². The summed E-state index contributed by atoms with van der Waals surface area (Å²) in [7, 11) is 0. The molecule has 106 valence electrons. The third-order valence-corrected chi connectivity index (χ3v) is 3.71. The number of nitrogens with one attached hydrogen (secondary N) is 1. The molecule has 1 aromatic rings. The van der Waals surface area contributed by atoms with Gasteiger partial charge in [-0.3, -0.25) is 0 Å². The van der Waals surface area contributed by atoms with Crippen molar-refractivity contribution in [2.45, 2.75) is 51.9 Å². The van der Waals surface area contributed by atoms with E-state index in [9.17, 15) is 4.79 Å². The molecule has 0 radical (unpaired) electrons. The Labute approximate surface area is 116 Å². The van der Waals surface area contributed by atoms with Crippen LogP contribution in [0.1, 0.15) is 50.7 Å². The summed E-state index contributed by atoms with van der Waals surface area (Å²) in [5.41, 5.74) is 2.31. The zero-order valence-electron chi connectivity index (χ0n) is 12.2. The molecule has 1 atom stereocenters. The van der Waals surface area contributed by atoms with Gasteiger partial charge in [-0.15, -0.1) is 0 Å². The van der Waals surface area contributed by atoms with E-state index in [0.29, 0.717) is 6.54 Å². The van der Waals surface area contributed by atoms with Crippen molar-refractivity contribution < 1.29 is 9.90 Å². The van der Waals surface area contributed by atoms with Crippen molar-refractivity contribution in [3.05, 3.63) is 35.4 Å². The number of unbranched alkanes of at least 4 members (excludes halogenated alkanes) is 2. The molecule has 19 heavy (non-hydrogen) atoms. The SMILES string of the molecule is CCCCCC(C)(CNC(=O)O)c1ccc(C)cc1. The van der Waals surface area contributed by atoms with E-state index in [-0.39, 0.29) is 5.41 Å². The molecule has 0 spiro atoms. The van der Waals surface area contributed by atoms with E-state index >= 15 is 0 Å². The first-order chi connectivity index (χ1) is 8.98. The van der Waals surface area contributed by atoms with E-state index < -0.39 is 6.09 Å². The number of rotatable bonds is 7. The molecule has 3 nitrogen and oxygen atoms in total. The summed E-state index contributed by atoms with van der Waals surface area (Å²) >= 11 is 0. The van der Waals surface area contributed by atoms with Crippen LogP contribution in [0, 0.1) is 6.92 Å². The fourth-order valence-electron chi connectivity index (χ4n) is 2.33. The van der Waals surface area contributed by atoms with Crippen molar-refractivity contribution in [2.24, 2.45) is 0 Å². The molecule has 1 amide bonds. The number of hydrogen-bond donors (Lipinski definition) is 2. The van der Waals surface area contributed by atoms with Crippen LogP contribution in [0.15, 0.2) is 24.3 Å². The van der Waals surface area contributed by atoms with Crippen molar-refractivity contribution in [1.82, 2.24) is 5.32 Å². The number of benzene rings is 1. The summed E-state index contributed by atoms with van der Waals surface area (Å²) in [6.07, 6.45) is 3.55. The third kappa shape index (κ3) is 4.93. The molecule has 1 unspecified atom stereocenters. The molecule has 0 aromatic heterocycles. The van der Waals surface area contributed by atoms with Crippen molar-refractivity contribution in [3.63, 3.8) is 0 Å². The first kappa shape index (κ1) is 15.5. The Morgan fingerprint density at radius 3 is 2.42 bits per heavy atom. The normalized spacial score (nSPS) is 13.8. The largest absolute Gasteiger partial charge is 0.465 e. The maximum absolute atomic E-state index is 10.8. The van der Waals surface area contributed by atoms with Crippen LogP contribution >= 0.6 is 0 Å². The van der Waals surface area contributed by atoms with E-state index in [0.717, 1.165) is 12.8 Å². The van der Waals surface area contributed by atoms with E-state index in [1.807, 2.05) is 0 Å². The lowest BCUT2D eigenvalue weighted by atomic mass is 9.77. The molecule has 0 heterocycles. The number of hydrogen-bond acceptors (Lipinski definition) is 1. The van der Waals surface area contributed by atoms with Gasteiger partial charge in [0.15, 0.2) is 0 Å². The summed E-state index contributed by atoms with van der Waals surface area (Å²) in [6, 6.07) is 8.41. The Morgan fingerprint density at radius 2 is 1.89 bits per heavy atom. The average molecular weight is 263 g/mol. The van der Waals surface area contributed by atoms with Crippen LogP contribution in [-0.2, 0) is 5.41 Å². The zero-order valence-corrected chi connectivity index (χ0v) is 12.2. The Hall–Kier alpha value is -1.51. The lowest BCUT2D eigenvalue weighted by Crippen LogP contribution is -2.38. The summed E-state index contributed by atoms with van der Waals surface area (Å²) in [5, 5.41) is 11.4. The molecule has 0 aliphatic heterocycles. The van der Waals surface area contributed by atoms with E-state index in [1.165, 1.54) is 24.0 Å². The van der Waals surface area contributed by atoms with Gasteiger partial charge in [0.2, 0.25) is 0 Å². The van der Waals surface area contributed by atoms with Gasteiger partial charge < -0.3 is 10.4 Å². The van der Waals surface area contributed by atoms with Gasteiger partial charge in [0.1, 0.15) is 0 Å². The van der Waals surface area contributed by atoms with Crippen LogP contribution in [0.4, 0.5) is 4.79 Å². The summed E-state index contributed by atoms with van der Waals surface area (Å²) in [4.78, 5) is 10.8. The Bertz CT molecular complexity index is 400. The van der Waals surface area contributed by atoms with E-state index in [2.05, 4.69) is 50.4 Å². The minimum atomic E-state index is -0.950. The smallest absolute Gasteiger partial charge is 0.404 e. The molecule has 1 aromatic carbocycles. The second-order valence-corrected chi connectivity index (χ2v) is 5.54. The Balaban J connectivity index is 2.83. The maximum atomic E-state index is 10.8. The van der Waals surface area contributed by atoms with Crippen molar-refractivity contribution in [3.8, 4) is 0 Å². The maximum Gasteiger partial charge on any atom is 0.404 e. The van der Waals surface area contributed by atoms with Crippen LogP contribution in [0.3, 0.4) is 0 Å². The fourth-order valence-corrected chi connectivity index (χ4v) is 2.33. The number of carboxylic acid groups (broad SMARTS) is 1. The zero-order chi connectivity index (χ0) is 14.3. The molecule has 0 aliphatic carbocycles. The highest BCUT2D eigenvalue weighted by Crippen LogP contribution is 2.29. The molecule has 3 heteroatoms. The number of aryl methyl sites for hydroxylation is 1. The van der Waals surface area contributed by atoms with Crippen molar-refractivity contribution in [1.29, 1.82) is 0 Å². The highest BCUT2D eigenvalue weighted by atomic mass is 16.4. The predicted octanol–water partition coefficient (Wildman–Crippen LogP) is 4.10. The first-order valence-corrected chi connectivity index (χ1v) is 7.02. The number of amides is 1. The molecular weight excluding hydrogens is 238 g/mol. The van der Waals surface area contributed by atoms with Gasteiger partial charge in [0.25, 0.3) is 0 Å².